The fraction of sp³-hybridized carbons (Fsp3) is 0.500. The first-order chi connectivity index (χ1) is 10.8. The van der Waals surface area contributed by atoms with E-state index in [1.165, 1.54) is 5.56 Å². The normalized spacial score (nSPS) is 25.4. The van der Waals surface area contributed by atoms with Crippen LogP contribution >= 0.6 is 0 Å². The monoisotopic (exact) mass is 300 g/mol. The summed E-state index contributed by atoms with van der Waals surface area (Å²) in [4.78, 5) is 4.76. The highest BCUT2D eigenvalue weighted by molar-refractivity contribution is 5.40. The van der Waals surface area contributed by atoms with E-state index >= 15 is 0 Å². The lowest BCUT2D eigenvalue weighted by Crippen LogP contribution is -2.51. The quantitative estimate of drug-likeness (QED) is 0.855. The van der Waals surface area contributed by atoms with Gasteiger partial charge in [0.1, 0.15) is 0 Å². The second-order valence-corrected chi connectivity index (χ2v) is 6.03. The maximum atomic E-state index is 5.97. The van der Waals surface area contributed by atoms with E-state index in [4.69, 9.17) is 9.15 Å². The molecule has 2 aromatic heterocycles. The molecule has 0 amide bonds. The molecule has 0 aliphatic carbocycles. The zero-order valence-electron chi connectivity index (χ0n) is 12.7. The molecule has 2 aromatic rings. The van der Waals surface area contributed by atoms with Crippen LogP contribution in [0.4, 0.5) is 5.82 Å². The van der Waals surface area contributed by atoms with Crippen molar-refractivity contribution in [2.75, 3.05) is 31.1 Å². The van der Waals surface area contributed by atoms with Crippen LogP contribution in [-0.4, -0.2) is 53.5 Å². The molecule has 4 heterocycles. The molecule has 0 spiro atoms. The fourth-order valence-electron chi connectivity index (χ4n) is 3.36. The lowest BCUT2D eigenvalue weighted by molar-refractivity contribution is 0.0303. The molecule has 116 valence electrons. The van der Waals surface area contributed by atoms with Crippen LogP contribution < -0.4 is 4.90 Å². The second kappa shape index (κ2) is 5.70. The molecule has 6 nitrogen and oxygen atoms in total. The molecule has 0 aromatic carbocycles. The molecule has 0 unspecified atom stereocenters. The number of fused-ring (bicyclic) bond motifs is 1. The molecule has 2 atom stereocenters. The van der Waals surface area contributed by atoms with Crippen LogP contribution in [0.15, 0.2) is 35.1 Å². The van der Waals surface area contributed by atoms with Crippen molar-refractivity contribution >= 4 is 5.82 Å². The highest BCUT2D eigenvalue weighted by Gasteiger charge is 2.40. The van der Waals surface area contributed by atoms with Gasteiger partial charge < -0.3 is 14.1 Å². The second-order valence-electron chi connectivity index (χ2n) is 6.03. The van der Waals surface area contributed by atoms with Gasteiger partial charge in [0, 0.05) is 31.7 Å². The van der Waals surface area contributed by atoms with Crippen LogP contribution in [0.2, 0.25) is 0 Å². The Morgan fingerprint density at radius 1 is 1.23 bits per heavy atom. The number of hydrogen-bond acceptors (Lipinski definition) is 6. The number of nitrogens with zero attached hydrogens (tertiary/aromatic N) is 4. The SMILES string of the molecule is Cc1ccc(N2CCO[C@H]3CN(Cc4ccoc4)C[C@H]32)nn1. The predicted molar refractivity (Wildman–Crippen MR) is 81.6 cm³/mol. The molecule has 0 saturated carbocycles. The van der Waals surface area contributed by atoms with Crippen molar-refractivity contribution in [2.45, 2.75) is 25.6 Å². The number of aromatic nitrogens is 2. The molecule has 6 heteroatoms. The summed E-state index contributed by atoms with van der Waals surface area (Å²) < 4.78 is 11.1. The molecule has 22 heavy (non-hydrogen) atoms. The molecule has 2 aliphatic heterocycles. The zero-order chi connectivity index (χ0) is 14.9. The number of furan rings is 1. The summed E-state index contributed by atoms with van der Waals surface area (Å²) in [7, 11) is 0. The first-order valence-corrected chi connectivity index (χ1v) is 7.71. The highest BCUT2D eigenvalue weighted by atomic mass is 16.5. The zero-order valence-corrected chi connectivity index (χ0v) is 12.7. The predicted octanol–water partition coefficient (Wildman–Crippen LogP) is 1.47. The highest BCUT2D eigenvalue weighted by Crippen LogP contribution is 2.27. The van der Waals surface area contributed by atoms with E-state index in [9.17, 15) is 0 Å². The van der Waals surface area contributed by atoms with Gasteiger partial charge in [-0.3, -0.25) is 4.90 Å². The Kier molecular flexibility index (Phi) is 3.56. The van der Waals surface area contributed by atoms with E-state index in [-0.39, 0.29) is 6.10 Å². The van der Waals surface area contributed by atoms with E-state index < -0.39 is 0 Å². The Labute approximate surface area is 129 Å². The summed E-state index contributed by atoms with van der Waals surface area (Å²) >= 11 is 0. The molecule has 2 fully saturated rings. The number of hydrogen-bond donors (Lipinski definition) is 0. The number of morpholine rings is 1. The smallest absolute Gasteiger partial charge is 0.151 e. The standard InChI is InChI=1S/C16H20N4O2/c1-12-2-3-16(18-17-12)20-5-7-22-15-10-19(9-14(15)20)8-13-4-6-21-11-13/h2-4,6,11,14-15H,5,7-10H2,1H3/t14-,15+/m1/s1. The van der Waals surface area contributed by atoms with Gasteiger partial charge in [-0.15, -0.1) is 5.10 Å². The van der Waals surface area contributed by atoms with Gasteiger partial charge in [-0.25, -0.2) is 0 Å². The van der Waals surface area contributed by atoms with Gasteiger partial charge in [-0.1, -0.05) is 0 Å². The van der Waals surface area contributed by atoms with E-state index in [1.54, 1.807) is 6.26 Å². The van der Waals surface area contributed by atoms with Gasteiger partial charge in [0.15, 0.2) is 5.82 Å². The number of rotatable bonds is 3. The Bertz CT molecular complexity index is 614. The molecule has 0 radical (unpaired) electrons. The van der Waals surface area contributed by atoms with E-state index in [0.29, 0.717) is 6.04 Å². The van der Waals surface area contributed by atoms with Crippen molar-refractivity contribution in [1.82, 2.24) is 15.1 Å². The van der Waals surface area contributed by atoms with Crippen LogP contribution in [0.25, 0.3) is 0 Å². The molecular weight excluding hydrogens is 280 g/mol. The van der Waals surface area contributed by atoms with Crippen LogP contribution in [0.1, 0.15) is 11.3 Å². The van der Waals surface area contributed by atoms with Crippen LogP contribution in [0, 0.1) is 6.92 Å². The van der Waals surface area contributed by atoms with E-state index in [2.05, 4.69) is 26.1 Å². The summed E-state index contributed by atoms with van der Waals surface area (Å²) in [6.07, 6.45) is 3.78. The van der Waals surface area contributed by atoms with Gasteiger partial charge >= 0.3 is 0 Å². The number of likely N-dealkylation sites (tertiary alicyclic amines) is 1. The van der Waals surface area contributed by atoms with Gasteiger partial charge in [0.25, 0.3) is 0 Å². The lowest BCUT2D eigenvalue weighted by atomic mass is 10.1. The summed E-state index contributed by atoms with van der Waals surface area (Å²) in [6.45, 7) is 6.41. The van der Waals surface area contributed by atoms with E-state index in [1.807, 2.05) is 25.3 Å². The summed E-state index contributed by atoms with van der Waals surface area (Å²) in [6, 6.07) is 6.44. The summed E-state index contributed by atoms with van der Waals surface area (Å²) in [5.41, 5.74) is 2.15. The van der Waals surface area contributed by atoms with Crippen molar-refractivity contribution in [1.29, 1.82) is 0 Å². The van der Waals surface area contributed by atoms with Gasteiger partial charge in [-0.2, -0.15) is 5.10 Å². The van der Waals surface area contributed by atoms with Gasteiger partial charge in [0.05, 0.1) is 37.0 Å². The van der Waals surface area contributed by atoms with Crippen LogP contribution in [-0.2, 0) is 11.3 Å². The molecule has 0 N–H and O–H groups in total. The molecular formula is C16H20N4O2. The van der Waals surface area contributed by atoms with Crippen molar-refractivity contribution in [2.24, 2.45) is 0 Å². The Hall–Kier alpha value is -1.92. The maximum Gasteiger partial charge on any atom is 0.151 e. The summed E-state index contributed by atoms with van der Waals surface area (Å²) in [5.74, 6) is 0.953. The van der Waals surface area contributed by atoms with Crippen LogP contribution in [0.5, 0.6) is 0 Å². The van der Waals surface area contributed by atoms with Gasteiger partial charge in [0.2, 0.25) is 0 Å². The molecule has 2 aliphatic rings. The van der Waals surface area contributed by atoms with Crippen molar-refractivity contribution in [3.8, 4) is 0 Å². The topological polar surface area (TPSA) is 54.6 Å². The largest absolute Gasteiger partial charge is 0.472 e. The van der Waals surface area contributed by atoms with Crippen molar-refractivity contribution < 1.29 is 9.15 Å². The first-order valence-electron chi connectivity index (χ1n) is 7.71. The number of ether oxygens (including phenoxy) is 1. The summed E-state index contributed by atoms with van der Waals surface area (Å²) in [5, 5.41) is 8.54. The third-order valence-electron chi connectivity index (χ3n) is 4.44. The molecule has 2 saturated heterocycles. The van der Waals surface area contributed by atoms with E-state index in [0.717, 1.165) is 44.3 Å². The molecule has 4 rings (SSSR count). The Balaban J connectivity index is 1.50. The average molecular weight is 300 g/mol. The minimum atomic E-state index is 0.240. The van der Waals surface area contributed by atoms with Crippen LogP contribution in [0.3, 0.4) is 0 Å². The Morgan fingerprint density at radius 3 is 2.95 bits per heavy atom. The fourth-order valence-corrected chi connectivity index (χ4v) is 3.36. The first kappa shape index (κ1) is 13.7. The van der Waals surface area contributed by atoms with Crippen molar-refractivity contribution in [3.05, 3.63) is 42.0 Å². The average Bonchev–Trinajstić information content (AvgIpc) is 3.17. The van der Waals surface area contributed by atoms with Crippen molar-refractivity contribution in [3.63, 3.8) is 0 Å². The molecule has 0 bridgehead atoms. The van der Waals surface area contributed by atoms with Gasteiger partial charge in [-0.05, 0) is 25.1 Å². The number of aryl methyl sites for hydroxylation is 1. The minimum absolute atomic E-state index is 0.240. The number of anilines is 1. The lowest BCUT2D eigenvalue weighted by Gasteiger charge is -2.37. The third-order valence-corrected chi connectivity index (χ3v) is 4.44. The third kappa shape index (κ3) is 2.60. The Morgan fingerprint density at radius 2 is 2.18 bits per heavy atom. The maximum absolute atomic E-state index is 5.97. The minimum Gasteiger partial charge on any atom is -0.472 e.